The summed E-state index contributed by atoms with van der Waals surface area (Å²) in [5, 5.41) is 5.92. The first-order valence-corrected chi connectivity index (χ1v) is 11.2. The maximum absolute atomic E-state index is 12.5. The Labute approximate surface area is 190 Å². The van der Waals surface area contributed by atoms with E-state index in [2.05, 4.69) is 17.6 Å². The fourth-order valence-corrected chi connectivity index (χ4v) is 2.99. The monoisotopic (exact) mass is 444 g/mol. The van der Waals surface area contributed by atoms with Crippen LogP contribution in [0, 0.1) is 0 Å². The van der Waals surface area contributed by atoms with Crippen molar-refractivity contribution in [1.82, 2.24) is 5.32 Å². The molecule has 7 heteroatoms. The van der Waals surface area contributed by atoms with Gasteiger partial charge in [0.25, 0.3) is 5.91 Å². The fraction of sp³-hybridized carbons (Fsp3) is 0.417. The zero-order valence-electron chi connectivity index (χ0n) is 18.3. The second-order valence-electron chi connectivity index (χ2n) is 6.91. The number of hydrogen-bond acceptors (Lipinski definition) is 5. The van der Waals surface area contributed by atoms with E-state index in [0.29, 0.717) is 31.1 Å². The lowest BCUT2D eigenvalue weighted by Crippen LogP contribution is -2.34. The summed E-state index contributed by atoms with van der Waals surface area (Å²) in [6.45, 7) is 6.41. The van der Waals surface area contributed by atoms with E-state index in [4.69, 9.17) is 26.4 Å². The first-order chi connectivity index (χ1) is 15.1. The van der Waals surface area contributed by atoms with Crippen LogP contribution >= 0.6 is 12.2 Å². The number of thiocarbonyl (C=S) groups is 1. The van der Waals surface area contributed by atoms with E-state index in [0.717, 1.165) is 24.5 Å². The van der Waals surface area contributed by atoms with Gasteiger partial charge in [0.1, 0.15) is 18.1 Å². The lowest BCUT2D eigenvalue weighted by Gasteiger charge is -2.12. The van der Waals surface area contributed by atoms with Crippen molar-refractivity contribution < 1.29 is 19.0 Å². The molecule has 0 unspecified atom stereocenters. The fourth-order valence-electron chi connectivity index (χ4n) is 2.78. The molecule has 0 bridgehead atoms. The summed E-state index contributed by atoms with van der Waals surface area (Å²) in [5.41, 5.74) is 1.24. The van der Waals surface area contributed by atoms with E-state index >= 15 is 0 Å². The number of hydrogen-bond donors (Lipinski definition) is 2. The molecule has 6 nitrogen and oxygen atoms in total. The second kappa shape index (κ2) is 14.4. The number of carbonyl (C=O) groups excluding carboxylic acids is 1. The summed E-state index contributed by atoms with van der Waals surface area (Å²) >= 11 is 5.27. The van der Waals surface area contributed by atoms with E-state index in [1.165, 1.54) is 19.3 Å². The van der Waals surface area contributed by atoms with Gasteiger partial charge in [0, 0.05) is 17.9 Å². The van der Waals surface area contributed by atoms with Gasteiger partial charge in [0.15, 0.2) is 5.11 Å². The molecule has 168 valence electrons. The Kier molecular flexibility index (Phi) is 11.4. The first kappa shape index (κ1) is 24.6. The predicted molar refractivity (Wildman–Crippen MR) is 128 cm³/mol. The highest BCUT2D eigenvalue weighted by Crippen LogP contribution is 2.17. The molecule has 0 saturated heterocycles. The van der Waals surface area contributed by atoms with E-state index in [1.54, 1.807) is 24.3 Å². The molecular weight excluding hydrogens is 412 g/mol. The topological polar surface area (TPSA) is 68.8 Å². The number of nitrogens with one attached hydrogen (secondary N) is 2. The van der Waals surface area contributed by atoms with Crippen LogP contribution in [0.15, 0.2) is 48.5 Å². The van der Waals surface area contributed by atoms with Crippen molar-refractivity contribution in [3.05, 3.63) is 54.1 Å². The lowest BCUT2D eigenvalue weighted by molar-refractivity contribution is 0.0976. The molecule has 0 aromatic heterocycles. The molecule has 2 N–H and O–H groups in total. The molecule has 0 fully saturated rings. The van der Waals surface area contributed by atoms with Crippen molar-refractivity contribution in [1.29, 1.82) is 0 Å². The van der Waals surface area contributed by atoms with Gasteiger partial charge in [-0.1, -0.05) is 32.3 Å². The number of rotatable bonds is 13. The minimum Gasteiger partial charge on any atom is -0.494 e. The predicted octanol–water partition coefficient (Wildman–Crippen LogP) is 5.19. The number of anilines is 1. The van der Waals surface area contributed by atoms with Crippen molar-refractivity contribution in [3.63, 3.8) is 0 Å². The molecule has 31 heavy (non-hydrogen) atoms. The first-order valence-electron chi connectivity index (χ1n) is 10.8. The van der Waals surface area contributed by atoms with Crippen molar-refractivity contribution in [3.8, 4) is 11.5 Å². The maximum Gasteiger partial charge on any atom is 0.257 e. The Bertz CT molecular complexity index is 811. The van der Waals surface area contributed by atoms with Crippen LogP contribution in [0.3, 0.4) is 0 Å². The SMILES string of the molecule is CCCCCCOc1ccc(NC(=S)NC(=O)c2cccc(OCCOCC)c2)cc1. The van der Waals surface area contributed by atoms with Crippen LogP contribution in [0.4, 0.5) is 5.69 Å². The van der Waals surface area contributed by atoms with E-state index in [-0.39, 0.29) is 11.0 Å². The Morgan fingerprint density at radius 1 is 0.903 bits per heavy atom. The third-order valence-electron chi connectivity index (χ3n) is 4.40. The normalized spacial score (nSPS) is 10.4. The number of carbonyl (C=O) groups is 1. The highest BCUT2D eigenvalue weighted by molar-refractivity contribution is 7.80. The van der Waals surface area contributed by atoms with Gasteiger partial charge in [-0.05, 0) is 68.0 Å². The molecule has 0 radical (unpaired) electrons. The number of unbranched alkanes of at least 4 members (excludes halogenated alkanes) is 3. The molecule has 0 aliphatic heterocycles. The van der Waals surface area contributed by atoms with Gasteiger partial charge in [-0.15, -0.1) is 0 Å². The van der Waals surface area contributed by atoms with Gasteiger partial charge < -0.3 is 19.5 Å². The molecule has 0 atom stereocenters. The highest BCUT2D eigenvalue weighted by atomic mass is 32.1. The molecule has 0 saturated carbocycles. The molecular formula is C24H32N2O4S. The van der Waals surface area contributed by atoms with Gasteiger partial charge in [0.05, 0.1) is 13.2 Å². The number of benzene rings is 2. The summed E-state index contributed by atoms with van der Waals surface area (Å²) in [5.74, 6) is 1.12. The van der Waals surface area contributed by atoms with Crippen LogP contribution in [0.5, 0.6) is 11.5 Å². The Hall–Kier alpha value is -2.64. The van der Waals surface area contributed by atoms with E-state index in [1.807, 2.05) is 31.2 Å². The standard InChI is InChI=1S/C24H32N2O4S/c1-3-5-6-7-15-29-21-13-11-20(12-14-21)25-24(31)26-23(27)19-9-8-10-22(18-19)30-17-16-28-4-2/h8-14,18H,3-7,15-17H2,1-2H3,(H2,25,26,27,31). The number of ether oxygens (including phenoxy) is 3. The Morgan fingerprint density at radius 3 is 2.42 bits per heavy atom. The zero-order chi connectivity index (χ0) is 22.3. The molecule has 1 amide bonds. The summed E-state index contributed by atoms with van der Waals surface area (Å²) in [4.78, 5) is 12.5. The van der Waals surface area contributed by atoms with E-state index < -0.39 is 0 Å². The van der Waals surface area contributed by atoms with Crippen LogP contribution in [-0.2, 0) is 4.74 Å². The van der Waals surface area contributed by atoms with Crippen LogP contribution < -0.4 is 20.1 Å². The lowest BCUT2D eigenvalue weighted by atomic mass is 10.2. The highest BCUT2D eigenvalue weighted by Gasteiger charge is 2.09. The van der Waals surface area contributed by atoms with Crippen molar-refractivity contribution in [2.75, 3.05) is 31.7 Å². The summed E-state index contributed by atoms with van der Waals surface area (Å²) in [7, 11) is 0. The van der Waals surface area contributed by atoms with Crippen LogP contribution in [-0.4, -0.2) is 37.4 Å². The number of amides is 1. The van der Waals surface area contributed by atoms with Gasteiger partial charge in [0.2, 0.25) is 0 Å². The minimum atomic E-state index is -0.306. The zero-order valence-corrected chi connectivity index (χ0v) is 19.1. The molecule has 0 aliphatic carbocycles. The van der Waals surface area contributed by atoms with Crippen LogP contribution in [0.25, 0.3) is 0 Å². The summed E-state index contributed by atoms with van der Waals surface area (Å²) in [6.07, 6.45) is 4.69. The summed E-state index contributed by atoms with van der Waals surface area (Å²) < 4.78 is 16.6. The van der Waals surface area contributed by atoms with Crippen molar-refractivity contribution >= 4 is 28.9 Å². The summed E-state index contributed by atoms with van der Waals surface area (Å²) in [6, 6.07) is 14.5. The van der Waals surface area contributed by atoms with Gasteiger partial charge in [-0.25, -0.2) is 0 Å². The molecule has 2 aromatic carbocycles. The van der Waals surface area contributed by atoms with E-state index in [9.17, 15) is 4.79 Å². The molecule has 0 heterocycles. The smallest absolute Gasteiger partial charge is 0.257 e. The molecule has 0 aliphatic rings. The average molecular weight is 445 g/mol. The molecule has 2 aromatic rings. The van der Waals surface area contributed by atoms with Crippen LogP contribution in [0.2, 0.25) is 0 Å². The molecule has 0 spiro atoms. The van der Waals surface area contributed by atoms with Crippen molar-refractivity contribution in [2.45, 2.75) is 39.5 Å². The maximum atomic E-state index is 12.5. The molecule has 2 rings (SSSR count). The van der Waals surface area contributed by atoms with Crippen molar-refractivity contribution in [2.24, 2.45) is 0 Å². The third kappa shape index (κ3) is 9.81. The Balaban J connectivity index is 1.78. The quantitative estimate of drug-likeness (QED) is 0.327. The second-order valence-corrected chi connectivity index (χ2v) is 7.32. The van der Waals surface area contributed by atoms with Crippen LogP contribution in [0.1, 0.15) is 49.9 Å². The van der Waals surface area contributed by atoms with Gasteiger partial charge in [-0.2, -0.15) is 0 Å². The Morgan fingerprint density at radius 2 is 1.68 bits per heavy atom. The third-order valence-corrected chi connectivity index (χ3v) is 4.61. The van der Waals surface area contributed by atoms with Gasteiger partial charge >= 0.3 is 0 Å². The largest absolute Gasteiger partial charge is 0.494 e. The van der Waals surface area contributed by atoms with Gasteiger partial charge in [-0.3, -0.25) is 10.1 Å². The average Bonchev–Trinajstić information content (AvgIpc) is 2.78. The minimum absolute atomic E-state index is 0.223.